The maximum Gasteiger partial charge on any atom is 0.145 e. The number of para-hydroxylation sites is 1. The van der Waals surface area contributed by atoms with Crippen LogP contribution in [0.5, 0.6) is 0 Å². The van der Waals surface area contributed by atoms with Crippen molar-refractivity contribution < 1.29 is 8.83 Å². The van der Waals surface area contributed by atoms with Crippen LogP contribution in [0.1, 0.15) is 22.9 Å². The summed E-state index contributed by atoms with van der Waals surface area (Å²) in [6, 6.07) is 47.4. The summed E-state index contributed by atoms with van der Waals surface area (Å²) in [6.07, 6.45) is -0.457. The summed E-state index contributed by atoms with van der Waals surface area (Å²) in [6.45, 7) is 4.52. The molecule has 0 aliphatic rings. The highest BCUT2D eigenvalue weighted by atomic mass is 16.3. The summed E-state index contributed by atoms with van der Waals surface area (Å²) in [5.74, 6) is 0.753. The maximum atomic E-state index is 6.35. The quantitative estimate of drug-likeness (QED) is 0.150. The largest absolute Gasteiger partial charge is 0.456 e. The fourth-order valence-corrected chi connectivity index (χ4v) is 6.09. The highest BCUT2D eigenvalue weighted by Crippen LogP contribution is 2.38. The SMILES string of the molecule is C=NC(NC(=NCc1ccccc1)c1ccccc1)c1cccc2oc3ccc(-c4ccc5oc6ccccc6c5c4)cc3c12. The van der Waals surface area contributed by atoms with Crippen LogP contribution >= 0.6 is 0 Å². The van der Waals surface area contributed by atoms with Crippen LogP contribution in [-0.4, -0.2) is 12.6 Å². The van der Waals surface area contributed by atoms with Crippen molar-refractivity contribution in [1.29, 1.82) is 0 Å². The lowest BCUT2D eigenvalue weighted by atomic mass is 9.98. The Morgan fingerprint density at radius 1 is 0.600 bits per heavy atom. The van der Waals surface area contributed by atoms with Gasteiger partial charge in [-0.15, -0.1) is 0 Å². The van der Waals surface area contributed by atoms with Gasteiger partial charge in [0.05, 0.1) is 6.54 Å². The zero-order valence-electron chi connectivity index (χ0n) is 24.5. The Hall–Kier alpha value is -5.94. The number of nitrogens with one attached hydrogen (secondary N) is 1. The lowest BCUT2D eigenvalue weighted by Gasteiger charge is -2.19. The van der Waals surface area contributed by atoms with E-state index in [0.29, 0.717) is 6.54 Å². The van der Waals surface area contributed by atoms with E-state index < -0.39 is 6.17 Å². The minimum Gasteiger partial charge on any atom is -0.456 e. The zero-order valence-corrected chi connectivity index (χ0v) is 24.5. The normalized spacial score (nSPS) is 12.7. The standard InChI is InChI=1S/C40H29N3O2/c1-41-40(43-39(27-13-6-3-7-14-27)42-25-26-11-4-2-5-12-26)31-16-10-18-37-38(31)33-24-29(20-22-36(33)45-37)28-19-21-35-32(23-28)30-15-8-9-17-34(30)44-35/h2-24,40H,1,25H2,(H,42,43). The van der Waals surface area contributed by atoms with Gasteiger partial charge in [0, 0.05) is 32.7 Å². The lowest BCUT2D eigenvalue weighted by molar-refractivity contribution is 0.664. The smallest absolute Gasteiger partial charge is 0.145 e. The number of aliphatic imine (C=N–C) groups is 2. The minimum atomic E-state index is -0.457. The Morgan fingerprint density at radius 2 is 1.22 bits per heavy atom. The van der Waals surface area contributed by atoms with Crippen molar-refractivity contribution in [3.63, 3.8) is 0 Å². The molecular weight excluding hydrogens is 554 g/mol. The van der Waals surface area contributed by atoms with E-state index in [4.69, 9.17) is 13.8 Å². The van der Waals surface area contributed by atoms with Crippen LogP contribution in [0.3, 0.4) is 0 Å². The molecule has 5 nitrogen and oxygen atoms in total. The Bertz CT molecular complexity index is 2350. The predicted octanol–water partition coefficient (Wildman–Crippen LogP) is 10.1. The van der Waals surface area contributed by atoms with Gasteiger partial charge in [-0.05, 0) is 59.8 Å². The van der Waals surface area contributed by atoms with Crippen molar-refractivity contribution >= 4 is 56.4 Å². The number of hydrogen-bond acceptors (Lipinski definition) is 4. The van der Waals surface area contributed by atoms with E-state index in [1.807, 2.05) is 72.8 Å². The molecule has 0 spiro atoms. The molecule has 0 fully saturated rings. The van der Waals surface area contributed by atoms with Gasteiger partial charge in [0.1, 0.15) is 34.3 Å². The Morgan fingerprint density at radius 3 is 2.00 bits per heavy atom. The molecule has 216 valence electrons. The second-order valence-electron chi connectivity index (χ2n) is 11.1. The first-order valence-electron chi connectivity index (χ1n) is 15.0. The summed E-state index contributed by atoms with van der Waals surface area (Å²) in [7, 11) is 0. The zero-order chi connectivity index (χ0) is 30.2. The summed E-state index contributed by atoms with van der Waals surface area (Å²) in [5.41, 5.74) is 8.68. The fourth-order valence-electron chi connectivity index (χ4n) is 6.09. The van der Waals surface area contributed by atoms with E-state index in [0.717, 1.165) is 77.5 Å². The fraction of sp³-hybridized carbons (Fsp3) is 0.0500. The van der Waals surface area contributed by atoms with E-state index in [2.05, 4.69) is 83.8 Å². The Labute approximate surface area is 260 Å². The van der Waals surface area contributed by atoms with Gasteiger partial charge in [0.15, 0.2) is 0 Å². The molecule has 0 aliphatic carbocycles. The first-order chi connectivity index (χ1) is 22.2. The average Bonchev–Trinajstić information content (AvgIpc) is 3.67. The number of furan rings is 2. The average molecular weight is 584 g/mol. The highest BCUT2D eigenvalue weighted by molar-refractivity contribution is 6.10. The molecule has 5 heteroatoms. The number of hydrogen-bond donors (Lipinski definition) is 1. The summed E-state index contributed by atoms with van der Waals surface area (Å²) in [4.78, 5) is 9.55. The molecule has 0 aliphatic heterocycles. The van der Waals surface area contributed by atoms with Gasteiger partial charge in [-0.1, -0.05) is 103 Å². The summed E-state index contributed by atoms with van der Waals surface area (Å²) < 4.78 is 12.4. The number of rotatable bonds is 7. The van der Waals surface area contributed by atoms with Gasteiger partial charge in [-0.25, -0.2) is 0 Å². The molecular formula is C40H29N3O2. The number of fused-ring (bicyclic) bond motifs is 6. The number of benzene rings is 6. The Balaban J connectivity index is 1.21. The van der Waals surface area contributed by atoms with Gasteiger partial charge < -0.3 is 14.2 Å². The van der Waals surface area contributed by atoms with Crippen molar-refractivity contribution in [2.45, 2.75) is 12.7 Å². The molecule has 2 aromatic heterocycles. The van der Waals surface area contributed by atoms with Crippen LogP contribution in [-0.2, 0) is 6.54 Å². The van der Waals surface area contributed by atoms with Crippen LogP contribution in [0.4, 0.5) is 0 Å². The van der Waals surface area contributed by atoms with E-state index in [1.165, 1.54) is 0 Å². The van der Waals surface area contributed by atoms with Gasteiger partial charge >= 0.3 is 0 Å². The van der Waals surface area contributed by atoms with E-state index in [1.54, 1.807) is 0 Å². The molecule has 0 radical (unpaired) electrons. The van der Waals surface area contributed by atoms with Gasteiger partial charge in [0.25, 0.3) is 0 Å². The first kappa shape index (κ1) is 26.7. The third-order valence-electron chi connectivity index (χ3n) is 8.30. The molecule has 0 saturated heterocycles. The second-order valence-corrected chi connectivity index (χ2v) is 11.1. The molecule has 45 heavy (non-hydrogen) atoms. The molecule has 0 amide bonds. The minimum absolute atomic E-state index is 0.457. The monoisotopic (exact) mass is 583 g/mol. The number of nitrogens with zero attached hydrogens (tertiary/aromatic N) is 2. The van der Waals surface area contributed by atoms with Crippen molar-refractivity contribution in [1.82, 2.24) is 5.32 Å². The van der Waals surface area contributed by atoms with Gasteiger partial charge in [-0.2, -0.15) is 0 Å². The lowest BCUT2D eigenvalue weighted by Crippen LogP contribution is -2.28. The van der Waals surface area contributed by atoms with Crippen molar-refractivity contribution in [2.75, 3.05) is 0 Å². The van der Waals surface area contributed by atoms with E-state index >= 15 is 0 Å². The summed E-state index contributed by atoms with van der Waals surface area (Å²) >= 11 is 0. The predicted molar refractivity (Wildman–Crippen MR) is 185 cm³/mol. The topological polar surface area (TPSA) is 63.0 Å². The highest BCUT2D eigenvalue weighted by Gasteiger charge is 2.20. The molecule has 6 aromatic carbocycles. The summed E-state index contributed by atoms with van der Waals surface area (Å²) in [5, 5.41) is 7.84. The van der Waals surface area contributed by atoms with E-state index in [-0.39, 0.29) is 0 Å². The maximum absolute atomic E-state index is 6.35. The van der Waals surface area contributed by atoms with Crippen molar-refractivity contribution in [2.24, 2.45) is 9.98 Å². The van der Waals surface area contributed by atoms with Crippen molar-refractivity contribution in [3.05, 3.63) is 156 Å². The second kappa shape index (κ2) is 11.3. The molecule has 1 N–H and O–H groups in total. The third kappa shape index (κ3) is 4.94. The third-order valence-corrected chi connectivity index (χ3v) is 8.30. The van der Waals surface area contributed by atoms with Crippen LogP contribution < -0.4 is 5.32 Å². The molecule has 8 aromatic rings. The molecule has 1 atom stereocenters. The number of amidine groups is 1. The molecule has 1 unspecified atom stereocenters. The molecule has 8 rings (SSSR count). The molecule has 2 heterocycles. The van der Waals surface area contributed by atoms with E-state index in [9.17, 15) is 0 Å². The molecule has 0 saturated carbocycles. The van der Waals surface area contributed by atoms with Crippen molar-refractivity contribution in [3.8, 4) is 11.1 Å². The van der Waals surface area contributed by atoms with Gasteiger partial charge in [-0.3, -0.25) is 9.98 Å². The van der Waals surface area contributed by atoms with Crippen LogP contribution in [0.25, 0.3) is 55.0 Å². The first-order valence-corrected chi connectivity index (χ1v) is 15.0. The molecule has 0 bridgehead atoms. The Kier molecular flexibility index (Phi) is 6.69. The van der Waals surface area contributed by atoms with Crippen LogP contribution in [0, 0.1) is 0 Å². The van der Waals surface area contributed by atoms with Gasteiger partial charge in [0.2, 0.25) is 0 Å². The van der Waals surface area contributed by atoms with Crippen LogP contribution in [0.2, 0.25) is 0 Å². The van der Waals surface area contributed by atoms with Crippen LogP contribution in [0.15, 0.2) is 158 Å².